The second kappa shape index (κ2) is 7.24. The van der Waals surface area contributed by atoms with Crippen LogP contribution in [0, 0.1) is 0 Å². The van der Waals surface area contributed by atoms with Crippen LogP contribution in [-0.2, 0) is 14.3 Å². The maximum absolute atomic E-state index is 11.7. The lowest BCUT2D eigenvalue weighted by atomic mass is 10.0. The van der Waals surface area contributed by atoms with Crippen LogP contribution in [-0.4, -0.2) is 24.3 Å². The van der Waals surface area contributed by atoms with E-state index in [2.05, 4.69) is 9.72 Å². The van der Waals surface area contributed by atoms with Crippen molar-refractivity contribution >= 4 is 35.6 Å². The van der Waals surface area contributed by atoms with E-state index in [9.17, 15) is 9.59 Å². The van der Waals surface area contributed by atoms with Crippen LogP contribution in [0.25, 0.3) is 0 Å². The SMILES string of the molecule is COC(=O)C(C=O)c1ccccc1Sc1ccc(Cl)cn1. The van der Waals surface area contributed by atoms with Crippen molar-refractivity contribution in [3.63, 3.8) is 0 Å². The normalized spacial score (nSPS) is 11.7. The lowest BCUT2D eigenvalue weighted by molar-refractivity contribution is -0.143. The summed E-state index contributed by atoms with van der Waals surface area (Å²) in [6.07, 6.45) is 2.13. The van der Waals surface area contributed by atoms with E-state index in [1.54, 1.807) is 30.5 Å². The zero-order valence-corrected chi connectivity index (χ0v) is 12.7. The molecule has 1 aromatic carbocycles. The fourth-order valence-corrected chi connectivity index (χ4v) is 2.79. The highest BCUT2D eigenvalue weighted by atomic mass is 35.5. The minimum absolute atomic E-state index is 0.549. The summed E-state index contributed by atoms with van der Waals surface area (Å²) < 4.78 is 4.67. The molecule has 2 aromatic rings. The van der Waals surface area contributed by atoms with Gasteiger partial charge in [0.25, 0.3) is 0 Å². The number of halogens is 1. The average molecular weight is 322 g/mol. The van der Waals surface area contributed by atoms with Gasteiger partial charge in [-0.25, -0.2) is 4.98 Å². The number of pyridine rings is 1. The number of hydrogen-bond acceptors (Lipinski definition) is 5. The topological polar surface area (TPSA) is 56.3 Å². The van der Waals surface area contributed by atoms with Gasteiger partial charge in [0.05, 0.1) is 12.1 Å². The van der Waals surface area contributed by atoms with E-state index in [0.717, 1.165) is 9.92 Å². The molecule has 0 spiro atoms. The quantitative estimate of drug-likeness (QED) is 0.480. The molecule has 0 saturated heterocycles. The number of carbonyl (C=O) groups excluding carboxylic acids is 2. The lowest BCUT2D eigenvalue weighted by Crippen LogP contribution is -2.16. The van der Waals surface area contributed by atoms with E-state index in [0.29, 0.717) is 16.9 Å². The number of aromatic nitrogens is 1. The maximum atomic E-state index is 11.7. The summed E-state index contributed by atoms with van der Waals surface area (Å²) in [5.74, 6) is -1.52. The summed E-state index contributed by atoms with van der Waals surface area (Å²) in [7, 11) is 1.26. The van der Waals surface area contributed by atoms with Gasteiger partial charge in [-0.2, -0.15) is 0 Å². The third-order valence-electron chi connectivity index (χ3n) is 2.76. The molecular weight excluding hydrogens is 310 g/mol. The fraction of sp³-hybridized carbons (Fsp3) is 0.133. The summed E-state index contributed by atoms with van der Waals surface area (Å²) in [6, 6.07) is 10.7. The van der Waals surface area contributed by atoms with Gasteiger partial charge in [-0.3, -0.25) is 4.79 Å². The van der Waals surface area contributed by atoms with Crippen molar-refractivity contribution in [3.8, 4) is 0 Å². The predicted octanol–water partition coefficient (Wildman–Crippen LogP) is 3.34. The molecule has 21 heavy (non-hydrogen) atoms. The fourth-order valence-electron chi connectivity index (χ4n) is 1.75. The van der Waals surface area contributed by atoms with Crippen LogP contribution >= 0.6 is 23.4 Å². The Kier molecular flexibility index (Phi) is 5.36. The van der Waals surface area contributed by atoms with E-state index in [4.69, 9.17) is 11.6 Å². The molecule has 1 atom stereocenters. The summed E-state index contributed by atoms with van der Waals surface area (Å²) in [5, 5.41) is 1.27. The molecule has 6 heteroatoms. The molecule has 0 fully saturated rings. The number of nitrogens with zero attached hydrogens (tertiary/aromatic N) is 1. The number of methoxy groups -OCH3 is 1. The molecule has 1 unspecified atom stereocenters. The van der Waals surface area contributed by atoms with Gasteiger partial charge in [0.2, 0.25) is 0 Å². The van der Waals surface area contributed by atoms with Crippen LogP contribution in [0.3, 0.4) is 0 Å². The van der Waals surface area contributed by atoms with Gasteiger partial charge >= 0.3 is 5.97 Å². The minimum atomic E-state index is -0.939. The first-order valence-electron chi connectivity index (χ1n) is 6.07. The first-order valence-corrected chi connectivity index (χ1v) is 7.26. The summed E-state index contributed by atoms with van der Waals surface area (Å²) in [6.45, 7) is 0. The van der Waals surface area contributed by atoms with Gasteiger partial charge in [0, 0.05) is 11.1 Å². The molecule has 0 aliphatic rings. The zero-order valence-electron chi connectivity index (χ0n) is 11.2. The van der Waals surface area contributed by atoms with E-state index < -0.39 is 11.9 Å². The number of rotatable bonds is 5. The Balaban J connectivity index is 2.34. The number of hydrogen-bond donors (Lipinski definition) is 0. The smallest absolute Gasteiger partial charge is 0.320 e. The Morgan fingerprint density at radius 2 is 2.10 bits per heavy atom. The Hall–Kier alpha value is -1.85. The molecular formula is C15H12ClNO3S. The molecule has 1 heterocycles. The van der Waals surface area contributed by atoms with Gasteiger partial charge in [-0.05, 0) is 23.8 Å². The van der Waals surface area contributed by atoms with E-state index in [-0.39, 0.29) is 0 Å². The molecule has 2 rings (SSSR count). The lowest BCUT2D eigenvalue weighted by Gasteiger charge is -2.13. The molecule has 108 valence electrons. The number of aldehydes is 1. The highest BCUT2D eigenvalue weighted by Gasteiger charge is 2.23. The number of ether oxygens (including phenoxy) is 1. The van der Waals surface area contributed by atoms with E-state index >= 15 is 0 Å². The monoisotopic (exact) mass is 321 g/mol. The van der Waals surface area contributed by atoms with Crippen molar-refractivity contribution in [2.24, 2.45) is 0 Å². The third-order valence-corrected chi connectivity index (χ3v) is 4.03. The van der Waals surface area contributed by atoms with Crippen LogP contribution in [0.4, 0.5) is 0 Å². The van der Waals surface area contributed by atoms with Crippen LogP contribution in [0.5, 0.6) is 0 Å². The summed E-state index contributed by atoms with van der Waals surface area (Å²) in [5.41, 5.74) is 0.598. The van der Waals surface area contributed by atoms with Gasteiger partial charge in [-0.1, -0.05) is 41.6 Å². The molecule has 0 saturated carbocycles. The van der Waals surface area contributed by atoms with Crippen molar-refractivity contribution < 1.29 is 14.3 Å². The van der Waals surface area contributed by atoms with Gasteiger partial charge < -0.3 is 9.53 Å². The Morgan fingerprint density at radius 1 is 1.33 bits per heavy atom. The predicted molar refractivity (Wildman–Crippen MR) is 80.6 cm³/mol. The second-order valence-electron chi connectivity index (χ2n) is 4.09. The van der Waals surface area contributed by atoms with Crippen LogP contribution in [0.15, 0.2) is 52.5 Å². The molecule has 0 radical (unpaired) electrons. The molecule has 0 bridgehead atoms. The van der Waals surface area contributed by atoms with Crippen molar-refractivity contribution in [1.29, 1.82) is 0 Å². The van der Waals surface area contributed by atoms with Crippen molar-refractivity contribution in [2.45, 2.75) is 15.8 Å². The first-order chi connectivity index (χ1) is 10.2. The zero-order chi connectivity index (χ0) is 15.2. The average Bonchev–Trinajstić information content (AvgIpc) is 2.51. The van der Waals surface area contributed by atoms with Gasteiger partial charge in [-0.15, -0.1) is 0 Å². The Labute approximate surface area is 131 Å². The first kappa shape index (κ1) is 15.5. The van der Waals surface area contributed by atoms with Crippen molar-refractivity contribution in [1.82, 2.24) is 4.98 Å². The van der Waals surface area contributed by atoms with Crippen LogP contribution in [0.2, 0.25) is 5.02 Å². The highest BCUT2D eigenvalue weighted by Crippen LogP contribution is 2.33. The molecule has 0 aliphatic carbocycles. The van der Waals surface area contributed by atoms with Crippen molar-refractivity contribution in [2.75, 3.05) is 7.11 Å². The summed E-state index contributed by atoms with van der Waals surface area (Å²) >= 11 is 7.16. The molecule has 0 N–H and O–H groups in total. The molecule has 0 amide bonds. The maximum Gasteiger partial charge on any atom is 0.320 e. The molecule has 4 nitrogen and oxygen atoms in total. The Bertz CT molecular complexity index is 646. The van der Waals surface area contributed by atoms with Gasteiger partial charge in [0.1, 0.15) is 17.2 Å². The highest BCUT2D eigenvalue weighted by molar-refractivity contribution is 7.99. The van der Waals surface area contributed by atoms with Crippen LogP contribution < -0.4 is 0 Å². The molecule has 0 aliphatic heterocycles. The molecule has 1 aromatic heterocycles. The number of carbonyl (C=O) groups is 2. The van der Waals surface area contributed by atoms with E-state index in [1.165, 1.54) is 18.9 Å². The largest absolute Gasteiger partial charge is 0.468 e. The van der Waals surface area contributed by atoms with Gasteiger partial charge in [0.15, 0.2) is 0 Å². The third kappa shape index (κ3) is 3.83. The number of benzene rings is 1. The van der Waals surface area contributed by atoms with Crippen LogP contribution in [0.1, 0.15) is 11.5 Å². The van der Waals surface area contributed by atoms with E-state index in [1.807, 2.05) is 12.1 Å². The summed E-state index contributed by atoms with van der Waals surface area (Å²) in [4.78, 5) is 27.9. The number of esters is 1. The second-order valence-corrected chi connectivity index (χ2v) is 5.59. The standard InChI is InChI=1S/C15H12ClNO3S/c1-20-15(19)12(9-18)11-4-2-3-5-13(11)21-14-7-6-10(16)8-17-14/h2-9,12H,1H3. The minimum Gasteiger partial charge on any atom is -0.468 e. The Morgan fingerprint density at radius 3 is 2.71 bits per heavy atom. The van der Waals surface area contributed by atoms with Crippen molar-refractivity contribution in [3.05, 3.63) is 53.2 Å².